The molecule has 0 atom stereocenters. The number of anilines is 1. The molecule has 0 bridgehead atoms. The molecule has 0 aliphatic carbocycles. The van der Waals surface area contributed by atoms with Crippen LogP contribution >= 0.6 is 11.3 Å². The number of oxime groups is 1. The summed E-state index contributed by atoms with van der Waals surface area (Å²) in [5.74, 6) is 0.188. The van der Waals surface area contributed by atoms with Crippen molar-refractivity contribution >= 4 is 28.8 Å². The number of methoxy groups -OCH3 is 1. The fraction of sp³-hybridized carbons (Fsp3) is 0.0769. The zero-order valence-corrected chi connectivity index (χ0v) is 11.5. The Morgan fingerprint density at radius 3 is 2.85 bits per heavy atom. The van der Waals surface area contributed by atoms with Gasteiger partial charge in [0.05, 0.1) is 17.7 Å². The van der Waals surface area contributed by atoms with Crippen LogP contribution in [0.4, 0.5) is 5.69 Å². The third-order valence-electron chi connectivity index (χ3n) is 2.60. The Bertz CT molecular complexity index is 638. The standard InChI is InChI=1S/C13H13N3O3S/c1-19-10-7-8(12(14)16-18)4-5-9(10)15-13(17)11-3-2-6-20-11/h2-7,18H,1H3,(H2,14,16)(H,15,17). The van der Waals surface area contributed by atoms with Crippen molar-refractivity contribution < 1.29 is 14.7 Å². The highest BCUT2D eigenvalue weighted by molar-refractivity contribution is 7.12. The Morgan fingerprint density at radius 1 is 1.45 bits per heavy atom. The number of amidine groups is 1. The maximum Gasteiger partial charge on any atom is 0.265 e. The Hall–Kier alpha value is -2.54. The molecule has 0 saturated heterocycles. The molecule has 0 saturated carbocycles. The van der Waals surface area contributed by atoms with Gasteiger partial charge in [-0.05, 0) is 29.6 Å². The molecule has 0 fully saturated rings. The van der Waals surface area contributed by atoms with E-state index in [1.165, 1.54) is 18.4 Å². The number of hydrogen-bond acceptors (Lipinski definition) is 5. The predicted octanol–water partition coefficient (Wildman–Crippen LogP) is 2.10. The third-order valence-corrected chi connectivity index (χ3v) is 3.47. The Morgan fingerprint density at radius 2 is 2.25 bits per heavy atom. The number of carbonyl (C=O) groups is 1. The minimum atomic E-state index is -0.213. The highest BCUT2D eigenvalue weighted by Crippen LogP contribution is 2.26. The van der Waals surface area contributed by atoms with Crippen molar-refractivity contribution in [1.29, 1.82) is 0 Å². The second kappa shape index (κ2) is 6.07. The molecule has 1 aromatic carbocycles. The molecule has 20 heavy (non-hydrogen) atoms. The van der Waals surface area contributed by atoms with Crippen molar-refractivity contribution in [2.45, 2.75) is 0 Å². The van der Waals surface area contributed by atoms with E-state index in [1.54, 1.807) is 30.3 Å². The number of hydrogen-bond donors (Lipinski definition) is 3. The van der Waals surface area contributed by atoms with Gasteiger partial charge < -0.3 is 21.0 Å². The van der Waals surface area contributed by atoms with Crippen molar-refractivity contribution in [2.75, 3.05) is 12.4 Å². The highest BCUT2D eigenvalue weighted by Gasteiger charge is 2.12. The monoisotopic (exact) mass is 291 g/mol. The van der Waals surface area contributed by atoms with Gasteiger partial charge in [-0.25, -0.2) is 0 Å². The van der Waals surface area contributed by atoms with Gasteiger partial charge in [0.2, 0.25) is 0 Å². The van der Waals surface area contributed by atoms with E-state index in [1.807, 2.05) is 5.38 Å². The zero-order valence-electron chi connectivity index (χ0n) is 10.7. The van der Waals surface area contributed by atoms with Crippen LogP contribution in [0.1, 0.15) is 15.2 Å². The molecule has 1 aromatic heterocycles. The summed E-state index contributed by atoms with van der Waals surface area (Å²) in [6.07, 6.45) is 0. The highest BCUT2D eigenvalue weighted by atomic mass is 32.1. The predicted molar refractivity (Wildman–Crippen MR) is 77.8 cm³/mol. The molecule has 4 N–H and O–H groups in total. The van der Waals surface area contributed by atoms with E-state index >= 15 is 0 Å². The van der Waals surface area contributed by atoms with Gasteiger partial charge in [-0.15, -0.1) is 11.3 Å². The number of ether oxygens (including phenoxy) is 1. The lowest BCUT2D eigenvalue weighted by Gasteiger charge is -2.11. The maximum atomic E-state index is 12.0. The smallest absolute Gasteiger partial charge is 0.265 e. The molecule has 2 aromatic rings. The number of rotatable bonds is 4. The van der Waals surface area contributed by atoms with Crippen LogP contribution in [0.15, 0.2) is 40.9 Å². The molecule has 2 rings (SSSR count). The molecule has 0 spiro atoms. The second-order valence-corrected chi connectivity index (χ2v) is 4.78. The Labute approximate surface area is 119 Å². The number of amides is 1. The summed E-state index contributed by atoms with van der Waals surface area (Å²) >= 11 is 1.35. The molecule has 6 nitrogen and oxygen atoms in total. The first kappa shape index (κ1) is 13.9. The molecule has 0 radical (unpaired) electrons. The lowest BCUT2D eigenvalue weighted by atomic mass is 10.1. The van der Waals surface area contributed by atoms with Gasteiger partial charge in [0.1, 0.15) is 5.75 Å². The van der Waals surface area contributed by atoms with E-state index in [-0.39, 0.29) is 11.7 Å². The minimum Gasteiger partial charge on any atom is -0.495 e. The Kier molecular flexibility index (Phi) is 4.21. The van der Waals surface area contributed by atoms with E-state index in [0.717, 1.165) is 0 Å². The summed E-state index contributed by atoms with van der Waals surface area (Å²) in [5.41, 5.74) is 6.52. The van der Waals surface area contributed by atoms with E-state index < -0.39 is 0 Å². The summed E-state index contributed by atoms with van der Waals surface area (Å²) in [5, 5.41) is 16.1. The first-order valence-electron chi connectivity index (χ1n) is 5.66. The number of carbonyl (C=O) groups excluding carboxylic acids is 1. The summed E-state index contributed by atoms with van der Waals surface area (Å²) in [4.78, 5) is 12.6. The largest absolute Gasteiger partial charge is 0.495 e. The zero-order chi connectivity index (χ0) is 14.5. The molecule has 0 aliphatic rings. The summed E-state index contributed by atoms with van der Waals surface area (Å²) in [6.45, 7) is 0. The number of thiophene rings is 1. The third kappa shape index (κ3) is 2.89. The van der Waals surface area contributed by atoms with Crippen molar-refractivity contribution in [2.24, 2.45) is 10.9 Å². The lowest BCUT2D eigenvalue weighted by Crippen LogP contribution is -2.15. The molecule has 0 unspecified atom stereocenters. The summed E-state index contributed by atoms with van der Waals surface area (Å²) in [6, 6.07) is 8.38. The number of nitrogens with one attached hydrogen (secondary N) is 1. The van der Waals surface area contributed by atoms with Crippen LogP contribution in [0, 0.1) is 0 Å². The lowest BCUT2D eigenvalue weighted by molar-refractivity contribution is 0.103. The number of nitrogens with zero attached hydrogens (tertiary/aromatic N) is 1. The van der Waals surface area contributed by atoms with E-state index in [2.05, 4.69) is 10.5 Å². The molecule has 0 aliphatic heterocycles. The quantitative estimate of drug-likeness (QED) is 0.348. The molecular formula is C13H13N3O3S. The van der Waals surface area contributed by atoms with Gasteiger partial charge >= 0.3 is 0 Å². The van der Waals surface area contributed by atoms with Crippen LogP contribution in [0.25, 0.3) is 0 Å². The number of benzene rings is 1. The average Bonchev–Trinajstić information content (AvgIpc) is 3.01. The fourth-order valence-electron chi connectivity index (χ4n) is 1.60. The van der Waals surface area contributed by atoms with E-state index in [9.17, 15) is 4.79 Å². The van der Waals surface area contributed by atoms with Gasteiger partial charge in [0, 0.05) is 5.56 Å². The van der Waals surface area contributed by atoms with Crippen LogP contribution in [0.3, 0.4) is 0 Å². The number of nitrogens with two attached hydrogens (primary N) is 1. The van der Waals surface area contributed by atoms with Crippen molar-refractivity contribution in [3.63, 3.8) is 0 Å². The van der Waals surface area contributed by atoms with Crippen molar-refractivity contribution in [3.05, 3.63) is 46.2 Å². The van der Waals surface area contributed by atoms with Gasteiger partial charge in [-0.1, -0.05) is 11.2 Å². The molecule has 1 amide bonds. The van der Waals surface area contributed by atoms with Crippen LogP contribution in [-0.4, -0.2) is 24.1 Å². The van der Waals surface area contributed by atoms with Gasteiger partial charge in [0.15, 0.2) is 5.84 Å². The minimum absolute atomic E-state index is 0.0283. The second-order valence-electron chi connectivity index (χ2n) is 3.83. The SMILES string of the molecule is COc1cc(/C(N)=N/O)ccc1NC(=O)c1cccs1. The van der Waals surface area contributed by atoms with Crippen LogP contribution in [0.5, 0.6) is 5.75 Å². The summed E-state index contributed by atoms with van der Waals surface area (Å²) < 4.78 is 5.20. The summed E-state index contributed by atoms with van der Waals surface area (Å²) in [7, 11) is 1.48. The molecular weight excluding hydrogens is 278 g/mol. The topological polar surface area (TPSA) is 96.9 Å². The molecule has 7 heteroatoms. The van der Waals surface area contributed by atoms with Crippen LogP contribution in [-0.2, 0) is 0 Å². The normalized spacial score (nSPS) is 11.2. The van der Waals surface area contributed by atoms with Gasteiger partial charge in [-0.3, -0.25) is 4.79 Å². The molecule has 1 heterocycles. The van der Waals surface area contributed by atoms with Gasteiger partial charge in [0.25, 0.3) is 5.91 Å². The van der Waals surface area contributed by atoms with Crippen molar-refractivity contribution in [1.82, 2.24) is 0 Å². The van der Waals surface area contributed by atoms with Crippen molar-refractivity contribution in [3.8, 4) is 5.75 Å². The van der Waals surface area contributed by atoms with Crippen LogP contribution < -0.4 is 15.8 Å². The van der Waals surface area contributed by atoms with Gasteiger partial charge in [-0.2, -0.15) is 0 Å². The first-order chi connectivity index (χ1) is 9.65. The average molecular weight is 291 g/mol. The fourth-order valence-corrected chi connectivity index (χ4v) is 2.22. The van der Waals surface area contributed by atoms with E-state index in [0.29, 0.717) is 21.9 Å². The Balaban J connectivity index is 2.26. The van der Waals surface area contributed by atoms with E-state index in [4.69, 9.17) is 15.7 Å². The maximum absolute atomic E-state index is 12.0. The van der Waals surface area contributed by atoms with Crippen LogP contribution in [0.2, 0.25) is 0 Å². The first-order valence-corrected chi connectivity index (χ1v) is 6.54. The molecule has 104 valence electrons.